The monoisotopic (exact) mass is 288 g/mol. The molecule has 0 atom stereocenters. The van der Waals surface area contributed by atoms with Crippen molar-refractivity contribution >= 4 is 0 Å². The maximum Gasteiger partial charge on any atom is 0.0234 e. The van der Waals surface area contributed by atoms with Crippen molar-refractivity contribution in [2.45, 2.75) is 66.1 Å². The molecule has 1 fully saturated rings. The lowest BCUT2D eigenvalue weighted by Crippen LogP contribution is -2.26. The van der Waals surface area contributed by atoms with Crippen molar-refractivity contribution in [2.24, 2.45) is 5.41 Å². The van der Waals surface area contributed by atoms with E-state index >= 15 is 0 Å². The van der Waals surface area contributed by atoms with Crippen molar-refractivity contribution in [2.75, 3.05) is 13.1 Å². The molecule has 0 spiro atoms. The number of hydrogen-bond donors (Lipinski definition) is 1. The Kier molecular flexibility index (Phi) is 5.83. The van der Waals surface area contributed by atoms with Gasteiger partial charge in [0.2, 0.25) is 0 Å². The Bertz CT molecular complexity index is 435. The molecule has 0 unspecified atom stereocenters. The van der Waals surface area contributed by atoms with E-state index in [1.54, 1.807) is 0 Å². The quantitative estimate of drug-likeness (QED) is 0.809. The largest absolute Gasteiger partial charge is 0.310 e. The van der Waals surface area contributed by atoms with Gasteiger partial charge in [0.15, 0.2) is 0 Å². The van der Waals surface area contributed by atoms with Gasteiger partial charge >= 0.3 is 0 Å². The smallest absolute Gasteiger partial charge is 0.0234 e. The van der Waals surface area contributed by atoms with Crippen LogP contribution in [0, 0.1) is 5.41 Å². The molecule has 0 aliphatic carbocycles. The van der Waals surface area contributed by atoms with Gasteiger partial charge in [0.05, 0.1) is 0 Å². The third-order valence-corrected chi connectivity index (χ3v) is 5.13. The van der Waals surface area contributed by atoms with Crippen molar-refractivity contribution in [1.29, 1.82) is 0 Å². The van der Waals surface area contributed by atoms with Gasteiger partial charge in [-0.25, -0.2) is 0 Å². The van der Waals surface area contributed by atoms with Crippen LogP contribution in [-0.2, 0) is 13.1 Å². The Morgan fingerprint density at radius 1 is 1.19 bits per heavy atom. The summed E-state index contributed by atoms with van der Waals surface area (Å²) in [6.45, 7) is 13.7. The van der Waals surface area contributed by atoms with E-state index in [0.717, 1.165) is 13.1 Å². The van der Waals surface area contributed by atoms with Gasteiger partial charge in [-0.05, 0) is 42.3 Å². The first-order chi connectivity index (χ1) is 10.1. The summed E-state index contributed by atoms with van der Waals surface area (Å²) in [5.41, 5.74) is 3.44. The number of nitrogens with zero attached hydrogens (tertiary/aromatic N) is 1. The van der Waals surface area contributed by atoms with E-state index in [1.165, 1.54) is 43.5 Å². The fraction of sp³-hybridized carbons (Fsp3) is 0.684. The van der Waals surface area contributed by atoms with Gasteiger partial charge in [0, 0.05) is 25.7 Å². The van der Waals surface area contributed by atoms with Gasteiger partial charge in [-0.1, -0.05) is 52.0 Å². The van der Waals surface area contributed by atoms with E-state index in [2.05, 4.69) is 62.2 Å². The van der Waals surface area contributed by atoms with Gasteiger partial charge in [0.1, 0.15) is 0 Å². The second-order valence-corrected chi connectivity index (χ2v) is 7.02. The fourth-order valence-corrected chi connectivity index (χ4v) is 3.41. The molecule has 1 N–H and O–H groups in total. The molecule has 2 rings (SSSR count). The van der Waals surface area contributed by atoms with Crippen LogP contribution in [0.4, 0.5) is 0 Å². The van der Waals surface area contributed by atoms with Gasteiger partial charge < -0.3 is 5.32 Å². The van der Waals surface area contributed by atoms with Crippen molar-refractivity contribution < 1.29 is 0 Å². The molecule has 1 heterocycles. The molecule has 1 aromatic carbocycles. The zero-order valence-corrected chi connectivity index (χ0v) is 14.3. The highest BCUT2D eigenvalue weighted by atomic mass is 15.2. The SMILES string of the molecule is CCC1(CC)CCN(Cc2cccc(CNC(C)C)c2)C1. The molecule has 1 aliphatic rings. The summed E-state index contributed by atoms with van der Waals surface area (Å²) in [5.74, 6) is 0. The van der Waals surface area contributed by atoms with Crippen LogP contribution in [0.3, 0.4) is 0 Å². The molecule has 2 heteroatoms. The number of nitrogens with one attached hydrogen (secondary N) is 1. The maximum absolute atomic E-state index is 3.50. The molecule has 2 nitrogen and oxygen atoms in total. The third-order valence-electron chi connectivity index (χ3n) is 5.13. The van der Waals surface area contributed by atoms with Gasteiger partial charge in [-0.3, -0.25) is 4.90 Å². The van der Waals surface area contributed by atoms with Crippen molar-refractivity contribution in [1.82, 2.24) is 10.2 Å². The molecular weight excluding hydrogens is 256 g/mol. The Morgan fingerprint density at radius 3 is 2.52 bits per heavy atom. The summed E-state index contributed by atoms with van der Waals surface area (Å²) < 4.78 is 0. The molecule has 1 saturated heterocycles. The zero-order chi connectivity index (χ0) is 15.3. The van der Waals surface area contributed by atoms with Gasteiger partial charge in [-0.2, -0.15) is 0 Å². The Morgan fingerprint density at radius 2 is 1.90 bits per heavy atom. The Labute approximate surface area is 130 Å². The second kappa shape index (κ2) is 7.42. The highest BCUT2D eigenvalue weighted by Gasteiger charge is 2.34. The molecule has 21 heavy (non-hydrogen) atoms. The summed E-state index contributed by atoms with van der Waals surface area (Å²) in [6, 6.07) is 9.62. The average molecular weight is 288 g/mol. The fourth-order valence-electron chi connectivity index (χ4n) is 3.41. The number of rotatable bonds is 7. The Balaban J connectivity index is 1.93. The molecule has 0 amide bonds. The van der Waals surface area contributed by atoms with Crippen molar-refractivity contribution in [3.63, 3.8) is 0 Å². The predicted octanol–water partition coefficient (Wildman–Crippen LogP) is 4.20. The van der Waals surface area contributed by atoms with Crippen LogP contribution in [0.1, 0.15) is 58.1 Å². The van der Waals surface area contributed by atoms with Crippen LogP contribution in [0.15, 0.2) is 24.3 Å². The number of benzene rings is 1. The van der Waals surface area contributed by atoms with E-state index in [1.807, 2.05) is 0 Å². The molecule has 0 bridgehead atoms. The summed E-state index contributed by atoms with van der Waals surface area (Å²) >= 11 is 0. The van der Waals surface area contributed by atoms with E-state index in [4.69, 9.17) is 0 Å². The van der Waals surface area contributed by atoms with E-state index in [0.29, 0.717) is 11.5 Å². The molecular formula is C19H32N2. The van der Waals surface area contributed by atoms with Crippen LogP contribution in [0.2, 0.25) is 0 Å². The standard InChI is InChI=1S/C19H32N2/c1-5-19(6-2)10-11-21(15-19)14-18-9-7-8-17(12-18)13-20-16(3)4/h7-9,12,16,20H,5-6,10-11,13-15H2,1-4H3. The highest BCUT2D eigenvalue weighted by molar-refractivity contribution is 5.23. The molecule has 0 saturated carbocycles. The predicted molar refractivity (Wildman–Crippen MR) is 91.3 cm³/mol. The first-order valence-corrected chi connectivity index (χ1v) is 8.60. The number of hydrogen-bond acceptors (Lipinski definition) is 2. The zero-order valence-electron chi connectivity index (χ0n) is 14.3. The maximum atomic E-state index is 3.50. The van der Waals surface area contributed by atoms with Crippen LogP contribution >= 0.6 is 0 Å². The summed E-state index contributed by atoms with van der Waals surface area (Å²) in [6.07, 6.45) is 4.01. The minimum absolute atomic E-state index is 0.543. The summed E-state index contributed by atoms with van der Waals surface area (Å²) in [5, 5.41) is 3.50. The molecule has 0 aromatic heterocycles. The first kappa shape index (κ1) is 16.5. The van der Waals surface area contributed by atoms with Crippen LogP contribution in [0.5, 0.6) is 0 Å². The average Bonchev–Trinajstić information content (AvgIpc) is 2.89. The van der Waals surface area contributed by atoms with Crippen LogP contribution < -0.4 is 5.32 Å². The minimum atomic E-state index is 0.543. The lowest BCUT2D eigenvalue weighted by atomic mass is 9.82. The second-order valence-electron chi connectivity index (χ2n) is 7.02. The Hall–Kier alpha value is -0.860. The van der Waals surface area contributed by atoms with Crippen LogP contribution in [-0.4, -0.2) is 24.0 Å². The van der Waals surface area contributed by atoms with Crippen molar-refractivity contribution in [3.8, 4) is 0 Å². The van der Waals surface area contributed by atoms with Crippen molar-refractivity contribution in [3.05, 3.63) is 35.4 Å². The van der Waals surface area contributed by atoms with E-state index < -0.39 is 0 Å². The van der Waals surface area contributed by atoms with Crippen LogP contribution in [0.25, 0.3) is 0 Å². The van der Waals surface area contributed by atoms with E-state index in [9.17, 15) is 0 Å². The van der Waals surface area contributed by atoms with Gasteiger partial charge in [-0.15, -0.1) is 0 Å². The topological polar surface area (TPSA) is 15.3 Å². The molecule has 1 aliphatic heterocycles. The highest BCUT2D eigenvalue weighted by Crippen LogP contribution is 2.37. The normalized spacial score (nSPS) is 18.5. The number of likely N-dealkylation sites (tertiary alicyclic amines) is 1. The third kappa shape index (κ3) is 4.55. The molecule has 118 valence electrons. The lowest BCUT2D eigenvalue weighted by molar-refractivity contribution is 0.236. The minimum Gasteiger partial charge on any atom is -0.310 e. The van der Waals surface area contributed by atoms with E-state index in [-0.39, 0.29) is 0 Å². The molecule has 0 radical (unpaired) electrons. The summed E-state index contributed by atoms with van der Waals surface area (Å²) in [7, 11) is 0. The first-order valence-electron chi connectivity index (χ1n) is 8.60. The summed E-state index contributed by atoms with van der Waals surface area (Å²) in [4.78, 5) is 2.64. The lowest BCUT2D eigenvalue weighted by Gasteiger charge is -2.26. The van der Waals surface area contributed by atoms with Gasteiger partial charge in [0.25, 0.3) is 0 Å². The molecule has 1 aromatic rings.